The second kappa shape index (κ2) is 6.65. The molecule has 9 nitrogen and oxygen atoms in total. The highest BCUT2D eigenvalue weighted by Gasteiger charge is 2.59. The molecule has 1 saturated heterocycles. The summed E-state index contributed by atoms with van der Waals surface area (Å²) in [6.45, 7) is 0.390. The maximum atomic E-state index is 13.5. The summed E-state index contributed by atoms with van der Waals surface area (Å²) in [6, 6.07) is 11.1. The van der Waals surface area contributed by atoms with Crippen molar-refractivity contribution >= 4 is 17.5 Å². The number of methoxy groups -OCH3 is 1. The van der Waals surface area contributed by atoms with Gasteiger partial charge in [-0.1, -0.05) is 24.3 Å². The number of hydrogen-bond donors (Lipinski definition) is 1. The molecule has 2 aromatic heterocycles. The van der Waals surface area contributed by atoms with E-state index in [1.165, 1.54) is 11.8 Å². The molecule has 30 heavy (non-hydrogen) atoms. The Morgan fingerprint density at radius 3 is 2.83 bits per heavy atom. The molecule has 5 rings (SSSR count). The summed E-state index contributed by atoms with van der Waals surface area (Å²) in [5, 5.41) is 7.20. The zero-order chi connectivity index (χ0) is 20.9. The minimum absolute atomic E-state index is 0.0342. The van der Waals surface area contributed by atoms with E-state index in [0.717, 1.165) is 16.8 Å². The minimum Gasteiger partial charge on any atom is -0.467 e. The fourth-order valence-corrected chi connectivity index (χ4v) is 4.67. The van der Waals surface area contributed by atoms with Crippen LogP contribution in [0.15, 0.2) is 48.8 Å². The van der Waals surface area contributed by atoms with Crippen LogP contribution in [0.1, 0.15) is 34.2 Å². The van der Waals surface area contributed by atoms with Crippen molar-refractivity contribution in [3.05, 3.63) is 65.7 Å². The van der Waals surface area contributed by atoms with Crippen molar-refractivity contribution in [2.75, 3.05) is 19.0 Å². The Morgan fingerprint density at radius 1 is 1.27 bits per heavy atom. The molecular weight excluding hydrogens is 384 g/mol. The molecule has 0 bridgehead atoms. The number of para-hydroxylation sites is 1. The lowest BCUT2D eigenvalue weighted by Crippen LogP contribution is -2.43. The van der Waals surface area contributed by atoms with Crippen molar-refractivity contribution in [2.24, 2.45) is 7.05 Å². The lowest BCUT2D eigenvalue weighted by molar-refractivity contribution is -0.121. The number of nitrogens with one attached hydrogen (secondary N) is 1. The van der Waals surface area contributed by atoms with Crippen LogP contribution in [-0.4, -0.2) is 50.1 Å². The van der Waals surface area contributed by atoms with E-state index < -0.39 is 11.5 Å². The van der Waals surface area contributed by atoms with Gasteiger partial charge >= 0.3 is 6.01 Å². The average molecular weight is 404 g/mol. The number of fused-ring (bicyclic) bond motifs is 2. The van der Waals surface area contributed by atoms with Crippen LogP contribution in [0.4, 0.5) is 5.69 Å². The van der Waals surface area contributed by atoms with Gasteiger partial charge in [0, 0.05) is 31.7 Å². The minimum atomic E-state index is -0.895. The predicted molar refractivity (Wildman–Crippen MR) is 107 cm³/mol. The van der Waals surface area contributed by atoms with Crippen LogP contribution in [-0.2, 0) is 17.3 Å². The number of carbonyl (C=O) groups is 2. The standard InChI is InChI=1S/C21H20N6O3/c1-26-20(30-2)24-17(25-26)18(28)27-11-9-21(16(27)13-6-5-10-22-12-13)14-7-3-4-8-15(14)23-19(21)29/h3-8,10,12,16H,9,11H2,1-2H3,(H,23,29). The third kappa shape index (κ3) is 2.44. The Kier molecular flexibility index (Phi) is 4.05. The quantitative estimate of drug-likeness (QED) is 0.713. The van der Waals surface area contributed by atoms with Crippen molar-refractivity contribution in [3.63, 3.8) is 0 Å². The van der Waals surface area contributed by atoms with Gasteiger partial charge in [-0.15, -0.1) is 5.10 Å². The highest BCUT2D eigenvalue weighted by molar-refractivity contribution is 6.08. The molecule has 3 aromatic rings. The molecule has 0 aliphatic carbocycles. The molecular formula is C21H20N6O3. The molecule has 1 N–H and O–H groups in total. The highest BCUT2D eigenvalue weighted by atomic mass is 16.5. The van der Waals surface area contributed by atoms with E-state index in [2.05, 4.69) is 20.4 Å². The van der Waals surface area contributed by atoms with Gasteiger partial charge in [0.25, 0.3) is 5.91 Å². The average Bonchev–Trinajstić information content (AvgIpc) is 3.43. The van der Waals surface area contributed by atoms with Crippen LogP contribution in [0.2, 0.25) is 0 Å². The fourth-order valence-electron chi connectivity index (χ4n) is 4.67. The zero-order valence-electron chi connectivity index (χ0n) is 16.6. The molecule has 2 aliphatic heterocycles. The summed E-state index contributed by atoms with van der Waals surface area (Å²) in [5.41, 5.74) is 1.57. The number of carbonyl (C=O) groups excluding carboxylic acids is 2. The van der Waals surface area contributed by atoms with E-state index in [4.69, 9.17) is 4.74 Å². The molecule has 0 radical (unpaired) electrons. The second-order valence-electron chi connectivity index (χ2n) is 7.45. The lowest BCUT2D eigenvalue weighted by Gasteiger charge is -2.33. The number of anilines is 1. The van der Waals surface area contributed by atoms with Crippen LogP contribution >= 0.6 is 0 Å². The van der Waals surface area contributed by atoms with Crippen LogP contribution < -0.4 is 10.1 Å². The van der Waals surface area contributed by atoms with Crippen LogP contribution in [0.25, 0.3) is 0 Å². The van der Waals surface area contributed by atoms with E-state index in [0.29, 0.717) is 13.0 Å². The monoisotopic (exact) mass is 404 g/mol. The summed E-state index contributed by atoms with van der Waals surface area (Å²) in [4.78, 5) is 36.9. The Hall–Kier alpha value is -3.75. The first-order chi connectivity index (χ1) is 14.6. The molecule has 152 valence electrons. The number of likely N-dealkylation sites (tertiary alicyclic amines) is 1. The van der Waals surface area contributed by atoms with Gasteiger partial charge in [-0.05, 0) is 29.7 Å². The third-order valence-corrected chi connectivity index (χ3v) is 5.94. The number of amides is 2. The first kappa shape index (κ1) is 18.3. The first-order valence-electron chi connectivity index (χ1n) is 9.63. The maximum Gasteiger partial charge on any atom is 0.314 e. The molecule has 9 heteroatoms. The molecule has 2 atom stereocenters. The lowest BCUT2D eigenvalue weighted by atomic mass is 9.73. The van der Waals surface area contributed by atoms with Crippen molar-refractivity contribution < 1.29 is 14.3 Å². The number of aryl methyl sites for hydroxylation is 1. The van der Waals surface area contributed by atoms with Gasteiger partial charge in [-0.3, -0.25) is 14.6 Å². The van der Waals surface area contributed by atoms with Crippen LogP contribution in [0.5, 0.6) is 6.01 Å². The summed E-state index contributed by atoms with van der Waals surface area (Å²) in [6.07, 6.45) is 3.87. The number of ether oxygens (including phenoxy) is 1. The summed E-state index contributed by atoms with van der Waals surface area (Å²) < 4.78 is 6.56. The molecule has 0 saturated carbocycles. The largest absolute Gasteiger partial charge is 0.467 e. The molecule has 1 spiro atoms. The summed E-state index contributed by atoms with van der Waals surface area (Å²) in [5.74, 6) is -0.428. The first-order valence-corrected chi connectivity index (χ1v) is 9.63. The highest BCUT2D eigenvalue weighted by Crippen LogP contribution is 2.54. The summed E-state index contributed by atoms with van der Waals surface area (Å²) >= 11 is 0. The Labute approximate surface area is 172 Å². The predicted octanol–water partition coefficient (Wildman–Crippen LogP) is 1.70. The Bertz CT molecular complexity index is 1140. The van der Waals surface area contributed by atoms with Gasteiger partial charge in [0.1, 0.15) is 5.41 Å². The van der Waals surface area contributed by atoms with Crippen molar-refractivity contribution in [1.29, 1.82) is 0 Å². The topological polar surface area (TPSA) is 102 Å². The van der Waals surface area contributed by atoms with Gasteiger partial charge in [-0.25, -0.2) is 4.68 Å². The fraction of sp³-hybridized carbons (Fsp3) is 0.286. The van der Waals surface area contributed by atoms with Crippen molar-refractivity contribution in [1.82, 2.24) is 24.6 Å². The van der Waals surface area contributed by atoms with Gasteiger partial charge in [-0.2, -0.15) is 4.98 Å². The molecule has 1 aromatic carbocycles. The van der Waals surface area contributed by atoms with Crippen molar-refractivity contribution in [3.8, 4) is 6.01 Å². The van der Waals surface area contributed by atoms with E-state index in [9.17, 15) is 9.59 Å². The Balaban J connectivity index is 1.65. The number of hydrogen-bond acceptors (Lipinski definition) is 6. The van der Waals surface area contributed by atoms with Gasteiger partial charge < -0.3 is 15.0 Å². The van der Waals surface area contributed by atoms with Gasteiger partial charge in [0.2, 0.25) is 11.7 Å². The van der Waals surface area contributed by atoms with E-state index in [1.54, 1.807) is 24.3 Å². The van der Waals surface area contributed by atoms with Crippen LogP contribution in [0, 0.1) is 0 Å². The molecule has 4 heterocycles. The van der Waals surface area contributed by atoms with Crippen molar-refractivity contribution in [2.45, 2.75) is 17.9 Å². The molecule has 2 amide bonds. The zero-order valence-corrected chi connectivity index (χ0v) is 16.6. The summed E-state index contributed by atoms with van der Waals surface area (Å²) in [7, 11) is 3.13. The Morgan fingerprint density at radius 2 is 2.10 bits per heavy atom. The normalized spacial score (nSPS) is 22.3. The molecule has 2 unspecified atom stereocenters. The second-order valence-corrected chi connectivity index (χ2v) is 7.45. The maximum absolute atomic E-state index is 13.5. The van der Waals surface area contributed by atoms with E-state index in [-0.39, 0.29) is 23.6 Å². The van der Waals surface area contributed by atoms with E-state index in [1.807, 2.05) is 36.4 Å². The molecule has 1 fully saturated rings. The smallest absolute Gasteiger partial charge is 0.314 e. The van der Waals surface area contributed by atoms with E-state index >= 15 is 0 Å². The SMILES string of the molecule is COc1nc(C(=O)N2CCC3(C(=O)Nc4ccccc43)C2c2cccnc2)nn1C. The number of aromatic nitrogens is 4. The van der Waals surface area contributed by atoms with Gasteiger partial charge in [0.15, 0.2) is 0 Å². The number of pyridine rings is 1. The number of rotatable bonds is 3. The number of nitrogens with zero attached hydrogens (tertiary/aromatic N) is 5. The van der Waals surface area contributed by atoms with Gasteiger partial charge in [0.05, 0.1) is 13.2 Å². The number of benzene rings is 1. The van der Waals surface area contributed by atoms with Crippen LogP contribution in [0.3, 0.4) is 0 Å². The third-order valence-electron chi connectivity index (χ3n) is 5.94. The molecule has 2 aliphatic rings.